The van der Waals surface area contributed by atoms with E-state index in [1.165, 1.54) is 6.92 Å². The van der Waals surface area contributed by atoms with Crippen molar-refractivity contribution in [3.05, 3.63) is 30.1 Å². The van der Waals surface area contributed by atoms with Gasteiger partial charge in [0.2, 0.25) is 0 Å². The lowest BCUT2D eigenvalue weighted by Crippen LogP contribution is -2.32. The summed E-state index contributed by atoms with van der Waals surface area (Å²) in [5, 5.41) is 2.84. The molecule has 5 heteroatoms. The van der Waals surface area contributed by atoms with Gasteiger partial charge >= 0.3 is 6.18 Å². The van der Waals surface area contributed by atoms with Crippen molar-refractivity contribution in [2.24, 2.45) is 0 Å². The maximum absolute atomic E-state index is 12.0. The molecule has 0 aliphatic heterocycles. The summed E-state index contributed by atoms with van der Waals surface area (Å²) in [6.07, 6.45) is -0.809. The maximum atomic E-state index is 12.0. The van der Waals surface area contributed by atoms with Gasteiger partial charge in [0.1, 0.15) is 0 Å². The number of aromatic nitrogens is 1. The molecule has 1 heterocycles. The molecule has 1 atom stereocenters. The Labute approximate surface area is 92.9 Å². The predicted octanol–water partition coefficient (Wildman–Crippen LogP) is 2.55. The van der Waals surface area contributed by atoms with Crippen molar-refractivity contribution >= 4 is 0 Å². The molecule has 0 aromatic carbocycles. The molecule has 1 aromatic heterocycles. The fourth-order valence-corrected chi connectivity index (χ4v) is 1.43. The predicted molar refractivity (Wildman–Crippen MR) is 56.1 cm³/mol. The van der Waals surface area contributed by atoms with Gasteiger partial charge < -0.3 is 5.32 Å². The van der Waals surface area contributed by atoms with Crippen molar-refractivity contribution in [2.75, 3.05) is 6.54 Å². The van der Waals surface area contributed by atoms with Gasteiger partial charge in [0.05, 0.1) is 6.42 Å². The Kier molecular flexibility index (Phi) is 4.73. The average Bonchev–Trinajstić information content (AvgIpc) is 2.16. The molecular formula is C11H15F3N2. The number of pyridine rings is 1. The smallest absolute Gasteiger partial charge is 0.314 e. The van der Waals surface area contributed by atoms with Gasteiger partial charge in [-0.15, -0.1) is 0 Å². The van der Waals surface area contributed by atoms with Crippen LogP contribution in [0.2, 0.25) is 0 Å². The Morgan fingerprint density at radius 3 is 2.75 bits per heavy atom. The lowest BCUT2D eigenvalue weighted by atomic mass is 10.2. The summed E-state index contributed by atoms with van der Waals surface area (Å²) in [7, 11) is 0. The minimum absolute atomic E-state index is 0.531. The molecule has 0 fully saturated rings. The van der Waals surface area contributed by atoms with Crippen molar-refractivity contribution in [1.82, 2.24) is 10.3 Å². The van der Waals surface area contributed by atoms with Gasteiger partial charge in [-0.25, -0.2) is 0 Å². The first kappa shape index (κ1) is 13.0. The van der Waals surface area contributed by atoms with Crippen LogP contribution in [0.25, 0.3) is 0 Å². The van der Waals surface area contributed by atoms with Gasteiger partial charge in [0, 0.05) is 18.4 Å². The van der Waals surface area contributed by atoms with Crippen molar-refractivity contribution in [3.63, 3.8) is 0 Å². The van der Waals surface area contributed by atoms with Crippen LogP contribution < -0.4 is 5.32 Å². The van der Waals surface area contributed by atoms with Gasteiger partial charge in [0.15, 0.2) is 0 Å². The maximum Gasteiger partial charge on any atom is 0.390 e. The first-order valence-electron chi connectivity index (χ1n) is 5.16. The van der Waals surface area contributed by atoms with E-state index in [0.29, 0.717) is 13.0 Å². The number of hydrogen-bond acceptors (Lipinski definition) is 2. The van der Waals surface area contributed by atoms with Crippen LogP contribution in [-0.4, -0.2) is 23.7 Å². The quantitative estimate of drug-likeness (QED) is 0.843. The van der Waals surface area contributed by atoms with Crippen LogP contribution in [0.3, 0.4) is 0 Å². The third-order valence-corrected chi connectivity index (χ3v) is 2.17. The summed E-state index contributed by atoms with van der Waals surface area (Å²) < 4.78 is 36.0. The standard InChI is InChI=1S/C11H15F3N2/c1-9(7-11(12,13)14)16-6-4-10-3-2-5-15-8-10/h2-3,5,8-9,16H,4,6-7H2,1H3. The van der Waals surface area contributed by atoms with Gasteiger partial charge in [-0.05, 0) is 31.5 Å². The third-order valence-electron chi connectivity index (χ3n) is 2.17. The van der Waals surface area contributed by atoms with Gasteiger partial charge in [-0.3, -0.25) is 4.98 Å². The zero-order valence-corrected chi connectivity index (χ0v) is 9.09. The molecule has 0 saturated heterocycles. The fraction of sp³-hybridized carbons (Fsp3) is 0.545. The normalized spacial score (nSPS) is 13.8. The van der Waals surface area contributed by atoms with Crippen LogP contribution in [0.15, 0.2) is 24.5 Å². The highest BCUT2D eigenvalue weighted by Gasteiger charge is 2.29. The number of hydrogen-bond donors (Lipinski definition) is 1. The summed E-state index contributed by atoms with van der Waals surface area (Å²) in [4.78, 5) is 3.93. The highest BCUT2D eigenvalue weighted by atomic mass is 19.4. The monoisotopic (exact) mass is 232 g/mol. The van der Waals surface area contributed by atoms with Crippen molar-refractivity contribution < 1.29 is 13.2 Å². The molecule has 2 nitrogen and oxygen atoms in total. The first-order chi connectivity index (χ1) is 7.47. The van der Waals surface area contributed by atoms with Crippen molar-refractivity contribution in [2.45, 2.75) is 32.0 Å². The SMILES string of the molecule is CC(CC(F)(F)F)NCCc1cccnc1. The molecule has 0 amide bonds. The number of nitrogens with one attached hydrogen (secondary N) is 1. The summed E-state index contributed by atoms with van der Waals surface area (Å²) in [6, 6.07) is 3.18. The van der Waals surface area contributed by atoms with Crippen LogP contribution in [0.5, 0.6) is 0 Å². The van der Waals surface area contributed by atoms with Crippen LogP contribution in [-0.2, 0) is 6.42 Å². The van der Waals surface area contributed by atoms with Crippen LogP contribution in [0.1, 0.15) is 18.9 Å². The van der Waals surface area contributed by atoms with Crippen molar-refractivity contribution in [1.29, 1.82) is 0 Å². The Balaban J connectivity index is 2.21. The molecule has 0 radical (unpaired) electrons. The van der Waals surface area contributed by atoms with Crippen LogP contribution >= 0.6 is 0 Å². The molecule has 16 heavy (non-hydrogen) atoms. The lowest BCUT2D eigenvalue weighted by molar-refractivity contribution is -0.138. The number of nitrogens with zero attached hydrogens (tertiary/aromatic N) is 1. The van der Waals surface area contributed by atoms with E-state index in [0.717, 1.165) is 5.56 Å². The molecule has 0 bridgehead atoms. The highest BCUT2D eigenvalue weighted by molar-refractivity contribution is 5.08. The molecule has 1 rings (SSSR count). The van der Waals surface area contributed by atoms with E-state index in [1.54, 1.807) is 12.4 Å². The summed E-state index contributed by atoms with van der Waals surface area (Å²) in [5.41, 5.74) is 1.02. The number of rotatable bonds is 5. The number of halogens is 3. The van der Waals surface area contributed by atoms with E-state index in [2.05, 4.69) is 10.3 Å². The minimum atomic E-state index is -4.10. The Bertz CT molecular complexity index is 298. The van der Waals surface area contributed by atoms with Gasteiger partial charge in [-0.1, -0.05) is 6.07 Å². The van der Waals surface area contributed by atoms with Crippen LogP contribution in [0, 0.1) is 0 Å². The van der Waals surface area contributed by atoms with E-state index in [9.17, 15) is 13.2 Å². The molecule has 0 spiro atoms. The zero-order valence-electron chi connectivity index (χ0n) is 9.09. The second kappa shape index (κ2) is 5.84. The Morgan fingerprint density at radius 2 is 2.19 bits per heavy atom. The lowest BCUT2D eigenvalue weighted by Gasteiger charge is -2.15. The first-order valence-corrected chi connectivity index (χ1v) is 5.16. The molecule has 1 N–H and O–H groups in total. The largest absolute Gasteiger partial charge is 0.390 e. The number of alkyl halides is 3. The molecule has 0 saturated carbocycles. The Morgan fingerprint density at radius 1 is 1.44 bits per heavy atom. The molecule has 1 aromatic rings. The molecule has 90 valence electrons. The highest BCUT2D eigenvalue weighted by Crippen LogP contribution is 2.21. The molecular weight excluding hydrogens is 217 g/mol. The second-order valence-electron chi connectivity index (χ2n) is 3.79. The molecule has 1 unspecified atom stereocenters. The van der Waals surface area contributed by atoms with E-state index in [-0.39, 0.29) is 0 Å². The van der Waals surface area contributed by atoms with Crippen LogP contribution in [0.4, 0.5) is 13.2 Å². The van der Waals surface area contributed by atoms with E-state index < -0.39 is 18.6 Å². The van der Waals surface area contributed by atoms with E-state index in [1.807, 2.05) is 12.1 Å². The van der Waals surface area contributed by atoms with E-state index >= 15 is 0 Å². The zero-order chi connectivity index (χ0) is 12.0. The molecule has 0 aliphatic rings. The Hall–Kier alpha value is -1.10. The third kappa shape index (κ3) is 5.70. The second-order valence-corrected chi connectivity index (χ2v) is 3.79. The minimum Gasteiger partial charge on any atom is -0.314 e. The van der Waals surface area contributed by atoms with Gasteiger partial charge in [0.25, 0.3) is 0 Å². The molecule has 0 aliphatic carbocycles. The van der Waals surface area contributed by atoms with Gasteiger partial charge in [-0.2, -0.15) is 13.2 Å². The summed E-state index contributed by atoms with van der Waals surface area (Å²) in [6.45, 7) is 2.07. The van der Waals surface area contributed by atoms with Crippen molar-refractivity contribution in [3.8, 4) is 0 Å². The summed E-state index contributed by atoms with van der Waals surface area (Å²) >= 11 is 0. The van der Waals surface area contributed by atoms with E-state index in [4.69, 9.17) is 0 Å². The fourth-order valence-electron chi connectivity index (χ4n) is 1.43. The summed E-state index contributed by atoms with van der Waals surface area (Å²) in [5.74, 6) is 0. The topological polar surface area (TPSA) is 24.9 Å². The average molecular weight is 232 g/mol.